The van der Waals surface area contributed by atoms with Crippen molar-refractivity contribution >= 4 is 17.9 Å². The van der Waals surface area contributed by atoms with Crippen molar-refractivity contribution in [3.05, 3.63) is 41.6 Å². The van der Waals surface area contributed by atoms with Crippen LogP contribution in [0.5, 0.6) is 0 Å². The van der Waals surface area contributed by atoms with E-state index >= 15 is 0 Å². The fourth-order valence-corrected chi connectivity index (χ4v) is 3.02. The zero-order valence-electron chi connectivity index (χ0n) is 13.4. The van der Waals surface area contributed by atoms with Crippen molar-refractivity contribution in [3.8, 4) is 0 Å². The average molecular weight is 314 g/mol. The van der Waals surface area contributed by atoms with Crippen LogP contribution in [0.1, 0.15) is 38.2 Å². The van der Waals surface area contributed by atoms with Crippen LogP contribution in [-0.2, 0) is 14.4 Å². The van der Waals surface area contributed by atoms with Crippen LogP contribution >= 0.6 is 0 Å². The molecule has 5 nitrogen and oxygen atoms in total. The predicted molar refractivity (Wildman–Crippen MR) is 86.9 cm³/mol. The van der Waals surface area contributed by atoms with Gasteiger partial charge in [0.2, 0.25) is 0 Å². The van der Waals surface area contributed by atoms with Gasteiger partial charge in [-0.2, -0.15) is 5.06 Å². The van der Waals surface area contributed by atoms with Gasteiger partial charge in [-0.1, -0.05) is 43.7 Å². The molecule has 0 saturated carbocycles. The predicted octanol–water partition coefficient (Wildman–Crippen LogP) is 2.59. The largest absolute Gasteiger partial charge is 0.325 e. The molecule has 0 aliphatic carbocycles. The number of rotatable bonds is 5. The number of carbonyl (C=O) groups excluding carboxylic acids is 2. The van der Waals surface area contributed by atoms with Gasteiger partial charge in [0.25, 0.3) is 11.8 Å². The standard InChI is InChI=1S/C18H22N2O3/c1-2-3-12-23-20-16(13-14-8-5-4-6-9-14)17(21)19-11-7-10-15(19)18(20)22/h4-6,8-9,13,15H,2-3,7,10-12H2,1H3/b16-13+/t15-/m0/s1. The number of fused-ring (bicyclic) bond motifs is 1. The lowest BCUT2D eigenvalue weighted by molar-refractivity contribution is -0.190. The number of hydrogen-bond donors (Lipinski definition) is 0. The number of nitrogens with zero attached hydrogens (tertiary/aromatic N) is 2. The van der Waals surface area contributed by atoms with E-state index < -0.39 is 0 Å². The lowest BCUT2D eigenvalue weighted by atomic mass is 10.1. The molecule has 0 bridgehead atoms. The Morgan fingerprint density at radius 2 is 2.04 bits per heavy atom. The maximum absolute atomic E-state index is 12.8. The van der Waals surface area contributed by atoms with Gasteiger partial charge in [0.15, 0.2) is 0 Å². The Morgan fingerprint density at radius 3 is 2.78 bits per heavy atom. The fraction of sp³-hybridized carbons (Fsp3) is 0.444. The summed E-state index contributed by atoms with van der Waals surface area (Å²) in [7, 11) is 0. The molecule has 0 radical (unpaired) electrons. The lowest BCUT2D eigenvalue weighted by Gasteiger charge is -2.37. The number of hydroxylamine groups is 2. The van der Waals surface area contributed by atoms with Gasteiger partial charge in [-0.05, 0) is 30.9 Å². The SMILES string of the molecule is CCCCON1C(=O)[C@@H]2CCCN2C(=O)/C1=C\c1ccccc1. The summed E-state index contributed by atoms with van der Waals surface area (Å²) in [4.78, 5) is 32.8. The van der Waals surface area contributed by atoms with E-state index in [0.29, 0.717) is 18.8 Å². The molecule has 1 aromatic carbocycles. The normalized spacial score (nSPS) is 22.8. The van der Waals surface area contributed by atoms with Crippen molar-refractivity contribution in [2.75, 3.05) is 13.2 Å². The smallest absolute Gasteiger partial charge is 0.273 e. The Kier molecular flexibility index (Phi) is 4.76. The Morgan fingerprint density at radius 1 is 1.26 bits per heavy atom. The van der Waals surface area contributed by atoms with Crippen LogP contribution in [0, 0.1) is 0 Å². The monoisotopic (exact) mass is 314 g/mol. The van der Waals surface area contributed by atoms with E-state index in [1.807, 2.05) is 30.3 Å². The molecule has 0 unspecified atom stereocenters. The van der Waals surface area contributed by atoms with E-state index in [9.17, 15) is 9.59 Å². The fourth-order valence-electron chi connectivity index (χ4n) is 3.02. The van der Waals surface area contributed by atoms with Crippen molar-refractivity contribution in [2.45, 2.75) is 38.6 Å². The van der Waals surface area contributed by atoms with Crippen LogP contribution < -0.4 is 0 Å². The first-order valence-corrected chi connectivity index (χ1v) is 8.27. The molecule has 2 amide bonds. The van der Waals surface area contributed by atoms with Gasteiger partial charge in [0, 0.05) is 6.54 Å². The minimum atomic E-state index is -0.364. The minimum absolute atomic E-state index is 0.118. The molecule has 2 aliphatic heterocycles. The van der Waals surface area contributed by atoms with Gasteiger partial charge in [0.1, 0.15) is 11.7 Å². The molecule has 122 valence electrons. The zero-order valence-corrected chi connectivity index (χ0v) is 13.4. The molecule has 1 atom stereocenters. The van der Waals surface area contributed by atoms with E-state index in [1.165, 1.54) is 5.06 Å². The number of hydrogen-bond acceptors (Lipinski definition) is 3. The molecule has 2 fully saturated rings. The Bertz CT molecular complexity index is 612. The van der Waals surface area contributed by atoms with Crippen LogP contribution in [-0.4, -0.2) is 41.0 Å². The van der Waals surface area contributed by atoms with E-state index in [1.54, 1.807) is 11.0 Å². The molecule has 1 aromatic rings. The lowest BCUT2D eigenvalue weighted by Crippen LogP contribution is -2.55. The minimum Gasteiger partial charge on any atom is -0.325 e. The van der Waals surface area contributed by atoms with Gasteiger partial charge in [-0.3, -0.25) is 14.4 Å². The van der Waals surface area contributed by atoms with Crippen LogP contribution in [0.2, 0.25) is 0 Å². The van der Waals surface area contributed by atoms with Crippen molar-refractivity contribution in [2.24, 2.45) is 0 Å². The highest BCUT2D eigenvalue weighted by molar-refractivity contribution is 6.07. The van der Waals surface area contributed by atoms with Crippen molar-refractivity contribution in [3.63, 3.8) is 0 Å². The maximum Gasteiger partial charge on any atom is 0.273 e. The van der Waals surface area contributed by atoms with E-state index in [0.717, 1.165) is 31.2 Å². The summed E-state index contributed by atoms with van der Waals surface area (Å²) in [5.74, 6) is -0.243. The van der Waals surface area contributed by atoms with Crippen molar-refractivity contribution in [1.29, 1.82) is 0 Å². The number of amides is 2. The summed E-state index contributed by atoms with van der Waals surface area (Å²) in [6.07, 6.45) is 5.15. The molecule has 0 N–H and O–H groups in total. The number of benzene rings is 1. The molecule has 2 aliphatic rings. The van der Waals surface area contributed by atoms with Gasteiger partial charge >= 0.3 is 0 Å². The first-order chi connectivity index (χ1) is 11.2. The molecule has 0 spiro atoms. The summed E-state index contributed by atoms with van der Waals surface area (Å²) in [5, 5.41) is 1.23. The quantitative estimate of drug-likeness (QED) is 0.620. The third-order valence-corrected chi connectivity index (χ3v) is 4.26. The van der Waals surface area contributed by atoms with Gasteiger partial charge in [0.05, 0.1) is 6.61 Å². The first kappa shape index (κ1) is 15.7. The molecule has 0 aromatic heterocycles. The Hall–Kier alpha value is -2.14. The van der Waals surface area contributed by atoms with Crippen molar-refractivity contribution < 1.29 is 14.4 Å². The first-order valence-electron chi connectivity index (χ1n) is 8.27. The summed E-state index contributed by atoms with van der Waals surface area (Å²) in [6, 6.07) is 9.18. The highest BCUT2D eigenvalue weighted by Crippen LogP contribution is 2.30. The van der Waals surface area contributed by atoms with Crippen molar-refractivity contribution in [1.82, 2.24) is 9.96 Å². The Balaban J connectivity index is 1.92. The van der Waals surface area contributed by atoms with Gasteiger partial charge in [-0.25, -0.2) is 0 Å². The van der Waals surface area contributed by atoms with E-state index in [-0.39, 0.29) is 17.9 Å². The zero-order chi connectivity index (χ0) is 16.2. The number of piperazine rings is 1. The third kappa shape index (κ3) is 3.15. The summed E-state index contributed by atoms with van der Waals surface area (Å²) >= 11 is 0. The molecule has 5 heteroatoms. The van der Waals surface area contributed by atoms with E-state index in [4.69, 9.17) is 4.84 Å². The number of unbranched alkanes of at least 4 members (excludes halogenated alkanes) is 1. The van der Waals surface area contributed by atoms with Crippen LogP contribution in [0.3, 0.4) is 0 Å². The van der Waals surface area contributed by atoms with Gasteiger partial charge < -0.3 is 4.90 Å². The second-order valence-electron chi connectivity index (χ2n) is 5.92. The molecule has 2 heterocycles. The highest BCUT2D eigenvalue weighted by Gasteiger charge is 2.45. The summed E-state index contributed by atoms with van der Waals surface area (Å²) in [6.45, 7) is 3.14. The van der Waals surface area contributed by atoms with Crippen LogP contribution in [0.25, 0.3) is 6.08 Å². The molecular formula is C18H22N2O3. The average Bonchev–Trinajstić information content (AvgIpc) is 3.06. The second-order valence-corrected chi connectivity index (χ2v) is 5.92. The Labute approximate surface area is 136 Å². The summed E-state index contributed by atoms with van der Waals surface area (Å²) in [5.41, 5.74) is 1.20. The topological polar surface area (TPSA) is 49.9 Å². The second kappa shape index (κ2) is 6.96. The third-order valence-electron chi connectivity index (χ3n) is 4.26. The highest BCUT2D eigenvalue weighted by atomic mass is 16.7. The van der Waals surface area contributed by atoms with E-state index in [2.05, 4.69) is 6.92 Å². The molecule has 23 heavy (non-hydrogen) atoms. The van der Waals surface area contributed by atoms with Gasteiger partial charge in [-0.15, -0.1) is 0 Å². The molecular weight excluding hydrogens is 292 g/mol. The van der Waals surface area contributed by atoms with Crippen LogP contribution in [0.15, 0.2) is 36.0 Å². The molecule has 2 saturated heterocycles. The maximum atomic E-state index is 12.8. The molecule has 3 rings (SSSR count). The summed E-state index contributed by atoms with van der Waals surface area (Å²) < 4.78 is 0. The number of carbonyl (C=O) groups is 2. The van der Waals surface area contributed by atoms with Crippen LogP contribution in [0.4, 0.5) is 0 Å².